The van der Waals surface area contributed by atoms with Gasteiger partial charge in [0.25, 0.3) is 5.91 Å². The average Bonchev–Trinajstić information content (AvgIpc) is 3.20. The van der Waals surface area contributed by atoms with E-state index in [4.69, 9.17) is 0 Å². The first-order valence-corrected chi connectivity index (χ1v) is 10.3. The number of carbonyl (C=O) groups is 1. The van der Waals surface area contributed by atoms with Crippen molar-refractivity contribution in [1.82, 2.24) is 25.6 Å². The van der Waals surface area contributed by atoms with Crippen molar-refractivity contribution in [3.05, 3.63) is 46.8 Å². The van der Waals surface area contributed by atoms with Crippen LogP contribution in [0.15, 0.2) is 24.4 Å². The van der Waals surface area contributed by atoms with Gasteiger partial charge < -0.3 is 10.6 Å². The molecule has 1 atom stereocenters. The number of nitrogens with zero attached hydrogens (tertiary/aromatic N) is 3. The van der Waals surface area contributed by atoms with Gasteiger partial charge in [0.1, 0.15) is 0 Å². The lowest BCUT2D eigenvalue weighted by molar-refractivity contribution is 0.0946. The molecule has 144 valence electrons. The molecule has 0 unspecified atom stereocenters. The van der Waals surface area contributed by atoms with Crippen LogP contribution in [-0.4, -0.2) is 33.5 Å². The predicted molar refractivity (Wildman–Crippen MR) is 105 cm³/mol. The summed E-state index contributed by atoms with van der Waals surface area (Å²) in [5, 5.41) is 14.7. The Morgan fingerprint density at radius 3 is 2.93 bits per heavy atom. The second-order valence-electron chi connectivity index (χ2n) is 7.80. The monoisotopic (exact) mass is 367 g/mol. The summed E-state index contributed by atoms with van der Waals surface area (Å²) in [7, 11) is 0. The summed E-state index contributed by atoms with van der Waals surface area (Å²) < 4.78 is 1.78. The molecule has 1 aromatic heterocycles. The second kappa shape index (κ2) is 8.65. The van der Waals surface area contributed by atoms with Crippen molar-refractivity contribution in [1.29, 1.82) is 0 Å². The van der Waals surface area contributed by atoms with Crippen molar-refractivity contribution in [2.75, 3.05) is 6.54 Å². The normalized spacial score (nSPS) is 19.5. The largest absolute Gasteiger partial charge is 0.347 e. The van der Waals surface area contributed by atoms with Gasteiger partial charge in [0, 0.05) is 19.1 Å². The van der Waals surface area contributed by atoms with Crippen molar-refractivity contribution in [3.8, 4) is 0 Å². The van der Waals surface area contributed by atoms with Crippen LogP contribution < -0.4 is 10.6 Å². The van der Waals surface area contributed by atoms with Crippen molar-refractivity contribution in [2.24, 2.45) is 0 Å². The zero-order chi connectivity index (χ0) is 18.5. The minimum Gasteiger partial charge on any atom is -0.347 e. The van der Waals surface area contributed by atoms with E-state index < -0.39 is 0 Å². The molecular formula is C21H29N5O. The maximum absolute atomic E-state index is 12.4. The zero-order valence-corrected chi connectivity index (χ0v) is 15.9. The van der Waals surface area contributed by atoms with E-state index in [1.807, 2.05) is 0 Å². The highest BCUT2D eigenvalue weighted by Gasteiger charge is 2.15. The van der Waals surface area contributed by atoms with E-state index in [0.29, 0.717) is 18.3 Å². The Hall–Kier alpha value is -2.21. The fraction of sp³-hybridized carbons (Fsp3) is 0.571. The Balaban J connectivity index is 1.27. The first-order valence-electron chi connectivity index (χ1n) is 10.3. The van der Waals surface area contributed by atoms with Gasteiger partial charge in [-0.3, -0.25) is 9.48 Å². The molecule has 1 aromatic carbocycles. The lowest BCUT2D eigenvalue weighted by Crippen LogP contribution is -2.34. The van der Waals surface area contributed by atoms with Crippen LogP contribution >= 0.6 is 0 Å². The lowest BCUT2D eigenvalue weighted by Gasteiger charge is -2.23. The molecule has 0 bridgehead atoms. The molecule has 1 saturated heterocycles. The van der Waals surface area contributed by atoms with E-state index in [2.05, 4.69) is 39.1 Å². The molecule has 2 aliphatic rings. The van der Waals surface area contributed by atoms with E-state index in [1.165, 1.54) is 49.7 Å². The molecular weight excluding hydrogens is 338 g/mol. The van der Waals surface area contributed by atoms with E-state index in [1.54, 1.807) is 10.9 Å². The Morgan fingerprint density at radius 1 is 1.19 bits per heavy atom. The number of rotatable bonds is 6. The summed E-state index contributed by atoms with van der Waals surface area (Å²) in [6.45, 7) is 2.44. The van der Waals surface area contributed by atoms with Gasteiger partial charge in [-0.25, -0.2) is 0 Å². The Morgan fingerprint density at radius 2 is 2.07 bits per heavy atom. The minimum atomic E-state index is -0.158. The number of piperidine rings is 1. The van der Waals surface area contributed by atoms with E-state index in [-0.39, 0.29) is 5.91 Å². The number of hydrogen-bond acceptors (Lipinski definition) is 4. The molecule has 27 heavy (non-hydrogen) atoms. The highest BCUT2D eigenvalue weighted by molar-refractivity contribution is 5.91. The quantitative estimate of drug-likeness (QED) is 0.823. The molecule has 1 amide bonds. The number of hydrogen-bond donors (Lipinski definition) is 2. The number of aryl methyl sites for hydroxylation is 3. The molecule has 0 saturated carbocycles. The van der Waals surface area contributed by atoms with Crippen LogP contribution in [0.3, 0.4) is 0 Å². The van der Waals surface area contributed by atoms with Gasteiger partial charge >= 0.3 is 0 Å². The van der Waals surface area contributed by atoms with Gasteiger partial charge in [-0.2, -0.15) is 0 Å². The molecule has 6 heteroatoms. The Kier molecular flexibility index (Phi) is 5.82. The number of nitrogens with one attached hydrogen (secondary N) is 2. The molecule has 2 aromatic rings. The topological polar surface area (TPSA) is 71.8 Å². The van der Waals surface area contributed by atoms with Crippen LogP contribution in [0.25, 0.3) is 0 Å². The van der Waals surface area contributed by atoms with E-state index in [0.717, 1.165) is 31.5 Å². The summed E-state index contributed by atoms with van der Waals surface area (Å²) in [5.41, 5.74) is 4.45. The van der Waals surface area contributed by atoms with Crippen molar-refractivity contribution in [2.45, 2.75) is 70.5 Å². The maximum Gasteiger partial charge on any atom is 0.273 e. The van der Waals surface area contributed by atoms with Crippen molar-refractivity contribution < 1.29 is 4.79 Å². The number of carbonyl (C=O) groups excluding carboxylic acids is 1. The second-order valence-corrected chi connectivity index (χ2v) is 7.80. The summed E-state index contributed by atoms with van der Waals surface area (Å²) in [6.07, 6.45) is 11.5. The van der Waals surface area contributed by atoms with Gasteiger partial charge in [-0.15, -0.1) is 5.10 Å². The molecule has 1 aliphatic carbocycles. The number of fused-ring (bicyclic) bond motifs is 1. The van der Waals surface area contributed by atoms with Gasteiger partial charge in [0.15, 0.2) is 5.69 Å². The van der Waals surface area contributed by atoms with Crippen LogP contribution in [0.1, 0.15) is 65.7 Å². The highest BCUT2D eigenvalue weighted by atomic mass is 16.2. The van der Waals surface area contributed by atoms with Crippen LogP contribution in [0.2, 0.25) is 0 Å². The smallest absolute Gasteiger partial charge is 0.273 e. The Labute approximate surface area is 160 Å². The predicted octanol–water partition coefficient (Wildman–Crippen LogP) is 2.62. The zero-order valence-electron chi connectivity index (χ0n) is 15.9. The molecule has 4 rings (SSSR count). The molecule has 1 fully saturated rings. The van der Waals surface area contributed by atoms with Gasteiger partial charge in [0.05, 0.1) is 6.20 Å². The molecule has 2 N–H and O–H groups in total. The van der Waals surface area contributed by atoms with E-state index in [9.17, 15) is 4.79 Å². The molecule has 6 nitrogen and oxygen atoms in total. The van der Waals surface area contributed by atoms with Gasteiger partial charge in [-0.05, 0) is 68.2 Å². The molecule has 2 heterocycles. The third kappa shape index (κ3) is 4.75. The number of benzene rings is 1. The third-order valence-corrected chi connectivity index (χ3v) is 5.76. The third-order valence-electron chi connectivity index (χ3n) is 5.76. The van der Waals surface area contributed by atoms with Crippen LogP contribution in [0.4, 0.5) is 0 Å². The molecule has 0 radical (unpaired) electrons. The average molecular weight is 367 g/mol. The fourth-order valence-electron chi connectivity index (χ4n) is 4.14. The summed E-state index contributed by atoms with van der Waals surface area (Å²) in [4.78, 5) is 12.4. The first kappa shape index (κ1) is 18.2. The minimum absolute atomic E-state index is 0.158. The molecule has 0 spiro atoms. The number of aromatic nitrogens is 3. The highest BCUT2D eigenvalue weighted by Crippen LogP contribution is 2.22. The summed E-state index contributed by atoms with van der Waals surface area (Å²) >= 11 is 0. The SMILES string of the molecule is O=C(NCc1ccc2c(c1)CCCC2)c1cn(CC[C@@H]2CCCCN2)nn1. The van der Waals surface area contributed by atoms with Crippen LogP contribution in [-0.2, 0) is 25.9 Å². The number of amides is 1. The standard InChI is InChI=1S/C21H29N5O/c27-21(23-14-16-8-9-17-5-1-2-6-18(17)13-16)20-15-26(25-24-20)12-10-19-7-3-4-11-22-19/h8-9,13,15,19,22H,1-7,10-12,14H2,(H,23,27)/t19-/m0/s1. The summed E-state index contributed by atoms with van der Waals surface area (Å²) in [6, 6.07) is 7.14. The van der Waals surface area contributed by atoms with E-state index >= 15 is 0 Å². The van der Waals surface area contributed by atoms with Crippen LogP contribution in [0, 0.1) is 0 Å². The molecule has 1 aliphatic heterocycles. The maximum atomic E-state index is 12.4. The van der Waals surface area contributed by atoms with Gasteiger partial charge in [-0.1, -0.05) is 29.8 Å². The lowest BCUT2D eigenvalue weighted by atomic mass is 9.90. The fourth-order valence-corrected chi connectivity index (χ4v) is 4.14. The van der Waals surface area contributed by atoms with Crippen LogP contribution in [0.5, 0.6) is 0 Å². The Bertz CT molecular complexity index is 779. The summed E-state index contributed by atoms with van der Waals surface area (Å²) in [5.74, 6) is -0.158. The van der Waals surface area contributed by atoms with Gasteiger partial charge in [0.2, 0.25) is 0 Å². The first-order chi connectivity index (χ1) is 13.3. The van der Waals surface area contributed by atoms with Crippen molar-refractivity contribution >= 4 is 5.91 Å². The van der Waals surface area contributed by atoms with Crippen molar-refractivity contribution in [3.63, 3.8) is 0 Å².